The van der Waals surface area contributed by atoms with Gasteiger partial charge in [0.15, 0.2) is 0 Å². The van der Waals surface area contributed by atoms with Crippen molar-refractivity contribution < 1.29 is 13.9 Å². The van der Waals surface area contributed by atoms with Gasteiger partial charge in [-0.25, -0.2) is 4.39 Å². The van der Waals surface area contributed by atoms with Crippen LogP contribution in [0.1, 0.15) is 10.4 Å². The molecule has 0 bridgehead atoms. The van der Waals surface area contributed by atoms with Crippen LogP contribution in [0.15, 0.2) is 60.0 Å². The molecule has 0 unspecified atom stereocenters. The average molecular weight is 466 g/mol. The normalized spacial score (nSPS) is 19.6. The minimum atomic E-state index is -0.237. The first kappa shape index (κ1) is 21.8. The Bertz CT molecular complexity index is 1100. The van der Waals surface area contributed by atoms with Crippen LogP contribution in [0.25, 0.3) is 0 Å². The third kappa shape index (κ3) is 4.55. The Kier molecular flexibility index (Phi) is 6.22. The van der Waals surface area contributed by atoms with Crippen LogP contribution in [0.3, 0.4) is 0 Å². The predicted molar refractivity (Wildman–Crippen MR) is 131 cm³/mol. The largest absolute Gasteiger partial charge is 0.497 e. The summed E-state index contributed by atoms with van der Waals surface area (Å²) in [7, 11) is 1.68. The molecule has 2 aromatic carbocycles. The Morgan fingerprint density at radius 2 is 2.03 bits per heavy atom. The molecule has 1 fully saturated rings. The molecule has 3 heterocycles. The lowest BCUT2D eigenvalue weighted by Crippen LogP contribution is -2.61. The van der Waals surface area contributed by atoms with E-state index in [9.17, 15) is 9.18 Å². The summed E-state index contributed by atoms with van der Waals surface area (Å²) in [5, 5.41) is 5.25. The molecule has 0 saturated carbocycles. The van der Waals surface area contributed by atoms with Gasteiger partial charge in [-0.2, -0.15) is 0 Å². The van der Waals surface area contributed by atoms with Crippen molar-refractivity contribution in [1.29, 1.82) is 0 Å². The number of halogens is 1. The van der Waals surface area contributed by atoms with Crippen LogP contribution in [-0.2, 0) is 17.6 Å². The minimum Gasteiger partial charge on any atom is -0.497 e. The molecule has 1 N–H and O–H groups in total. The number of thiophene rings is 1. The third-order valence-corrected chi connectivity index (χ3v) is 7.64. The monoisotopic (exact) mass is 465 g/mol. The fourth-order valence-electron chi connectivity index (χ4n) is 4.99. The van der Waals surface area contributed by atoms with E-state index < -0.39 is 0 Å². The Balaban J connectivity index is 1.38. The molecule has 2 aliphatic rings. The molecule has 0 radical (unpaired) electrons. The number of anilines is 2. The number of carbonyl (C=O) groups is 1. The lowest BCUT2D eigenvalue weighted by Gasteiger charge is -2.49. The maximum absolute atomic E-state index is 13.5. The summed E-state index contributed by atoms with van der Waals surface area (Å²) < 4.78 is 18.9. The molecule has 3 aromatic rings. The van der Waals surface area contributed by atoms with Gasteiger partial charge < -0.3 is 19.9 Å². The summed E-state index contributed by atoms with van der Waals surface area (Å²) in [6.07, 6.45) is 1.54. The van der Waals surface area contributed by atoms with Crippen molar-refractivity contribution in [1.82, 2.24) is 5.32 Å². The Morgan fingerprint density at radius 1 is 1.18 bits per heavy atom. The summed E-state index contributed by atoms with van der Waals surface area (Å²) in [6, 6.07) is 17.0. The fraction of sp³-hybridized carbons (Fsp3) is 0.346. The number of hydrogen-bond acceptors (Lipinski definition) is 5. The SMILES string of the molecule is COc1ccc2c(c1)N1CCN(c3ccc(F)cc3)C[C@H]1[C@@H](C(=O)NCCc1cccs1)C2. The van der Waals surface area contributed by atoms with Crippen molar-refractivity contribution in [3.63, 3.8) is 0 Å². The molecule has 2 aliphatic heterocycles. The van der Waals surface area contributed by atoms with E-state index in [1.807, 2.05) is 24.3 Å². The molecule has 2 atom stereocenters. The van der Waals surface area contributed by atoms with Gasteiger partial charge in [0.2, 0.25) is 5.91 Å². The van der Waals surface area contributed by atoms with E-state index in [0.717, 1.165) is 36.6 Å². The van der Waals surface area contributed by atoms with E-state index >= 15 is 0 Å². The summed E-state index contributed by atoms with van der Waals surface area (Å²) in [4.78, 5) is 19.3. The maximum Gasteiger partial charge on any atom is 0.225 e. The van der Waals surface area contributed by atoms with E-state index in [0.29, 0.717) is 19.5 Å². The number of fused-ring (bicyclic) bond motifs is 3. The lowest BCUT2D eigenvalue weighted by molar-refractivity contribution is -0.125. The number of nitrogens with one attached hydrogen (secondary N) is 1. The van der Waals surface area contributed by atoms with Crippen LogP contribution in [-0.4, -0.2) is 45.2 Å². The molecule has 1 aromatic heterocycles. The van der Waals surface area contributed by atoms with Gasteiger partial charge in [0.1, 0.15) is 11.6 Å². The van der Waals surface area contributed by atoms with Crippen molar-refractivity contribution in [2.24, 2.45) is 5.92 Å². The van der Waals surface area contributed by atoms with Gasteiger partial charge in [-0.15, -0.1) is 11.3 Å². The predicted octanol–water partition coefficient (Wildman–Crippen LogP) is 4.12. The Labute approximate surface area is 197 Å². The molecule has 0 aliphatic carbocycles. The van der Waals surface area contributed by atoms with E-state index in [2.05, 4.69) is 38.7 Å². The number of ether oxygens (including phenoxy) is 1. The third-order valence-electron chi connectivity index (χ3n) is 6.70. The number of hydrogen-bond donors (Lipinski definition) is 1. The smallest absolute Gasteiger partial charge is 0.225 e. The van der Waals surface area contributed by atoms with E-state index in [1.54, 1.807) is 18.4 Å². The second kappa shape index (κ2) is 9.43. The van der Waals surface area contributed by atoms with Crippen LogP contribution in [0.4, 0.5) is 15.8 Å². The van der Waals surface area contributed by atoms with Gasteiger partial charge in [-0.05, 0) is 60.2 Å². The zero-order valence-electron chi connectivity index (χ0n) is 18.7. The van der Waals surface area contributed by atoms with Crippen LogP contribution in [0.2, 0.25) is 0 Å². The Hall–Kier alpha value is -3.06. The van der Waals surface area contributed by atoms with Gasteiger partial charge in [-0.1, -0.05) is 12.1 Å². The van der Waals surface area contributed by atoms with Gasteiger partial charge >= 0.3 is 0 Å². The molecule has 33 heavy (non-hydrogen) atoms. The summed E-state index contributed by atoms with van der Waals surface area (Å²) in [5.41, 5.74) is 3.32. The molecular formula is C26H28FN3O2S. The number of benzene rings is 2. The highest BCUT2D eigenvalue weighted by molar-refractivity contribution is 7.09. The van der Waals surface area contributed by atoms with Crippen LogP contribution >= 0.6 is 11.3 Å². The molecule has 0 spiro atoms. The van der Waals surface area contributed by atoms with Gasteiger partial charge in [0.25, 0.3) is 0 Å². The van der Waals surface area contributed by atoms with E-state index in [1.165, 1.54) is 22.6 Å². The molecule has 1 amide bonds. The van der Waals surface area contributed by atoms with E-state index in [4.69, 9.17) is 4.74 Å². The zero-order chi connectivity index (χ0) is 22.8. The number of amides is 1. The minimum absolute atomic E-state index is 0.0325. The van der Waals surface area contributed by atoms with Crippen molar-refractivity contribution in [2.45, 2.75) is 18.9 Å². The summed E-state index contributed by atoms with van der Waals surface area (Å²) in [5.74, 6) is 0.535. The van der Waals surface area contributed by atoms with Gasteiger partial charge in [-0.3, -0.25) is 4.79 Å². The van der Waals surface area contributed by atoms with E-state index in [-0.39, 0.29) is 23.7 Å². The number of rotatable bonds is 6. The van der Waals surface area contributed by atoms with Crippen LogP contribution in [0.5, 0.6) is 5.75 Å². The molecule has 5 rings (SSSR count). The fourth-order valence-corrected chi connectivity index (χ4v) is 5.69. The van der Waals surface area contributed by atoms with Crippen molar-refractivity contribution in [2.75, 3.05) is 43.1 Å². The molecule has 5 nitrogen and oxygen atoms in total. The first-order valence-corrected chi connectivity index (χ1v) is 12.2. The highest BCUT2D eigenvalue weighted by atomic mass is 32.1. The molecular weight excluding hydrogens is 437 g/mol. The second-order valence-electron chi connectivity index (χ2n) is 8.61. The Morgan fingerprint density at radius 3 is 2.79 bits per heavy atom. The van der Waals surface area contributed by atoms with Gasteiger partial charge in [0.05, 0.1) is 19.1 Å². The van der Waals surface area contributed by atoms with Crippen LogP contribution < -0.4 is 19.9 Å². The average Bonchev–Trinajstić information content (AvgIpc) is 3.37. The number of piperazine rings is 1. The second-order valence-corrected chi connectivity index (χ2v) is 9.64. The highest BCUT2D eigenvalue weighted by Gasteiger charge is 2.41. The molecule has 7 heteroatoms. The number of carbonyl (C=O) groups excluding carboxylic acids is 1. The lowest BCUT2D eigenvalue weighted by atomic mass is 9.83. The first-order chi connectivity index (χ1) is 16.1. The number of nitrogens with zero attached hydrogens (tertiary/aromatic N) is 2. The van der Waals surface area contributed by atoms with Crippen LogP contribution in [0, 0.1) is 11.7 Å². The maximum atomic E-state index is 13.5. The quantitative estimate of drug-likeness (QED) is 0.595. The summed E-state index contributed by atoms with van der Waals surface area (Å²) >= 11 is 1.72. The highest BCUT2D eigenvalue weighted by Crippen LogP contribution is 2.39. The van der Waals surface area contributed by atoms with Gasteiger partial charge in [0, 0.05) is 48.5 Å². The topological polar surface area (TPSA) is 44.8 Å². The van der Waals surface area contributed by atoms with Crippen molar-refractivity contribution in [3.05, 3.63) is 76.2 Å². The molecule has 1 saturated heterocycles. The standard InChI is InChI=1S/C26H28FN3O2S/c1-32-21-9-4-18-15-23(26(31)28-11-10-22-3-2-14-33-22)25-17-29(12-13-30(25)24(18)16-21)20-7-5-19(27)6-8-20/h2-9,14,16,23,25H,10-13,15,17H2,1H3,(H,28,31)/t23-,25-/m0/s1. The number of methoxy groups -OCH3 is 1. The first-order valence-electron chi connectivity index (χ1n) is 11.4. The molecule has 172 valence electrons. The zero-order valence-corrected chi connectivity index (χ0v) is 19.5. The van der Waals surface area contributed by atoms with Crippen molar-refractivity contribution >= 4 is 28.6 Å². The van der Waals surface area contributed by atoms with Crippen molar-refractivity contribution in [3.8, 4) is 5.75 Å². The summed E-state index contributed by atoms with van der Waals surface area (Å²) in [6.45, 7) is 2.96.